The number of benzene rings is 3. The Morgan fingerprint density at radius 1 is 0.949 bits per heavy atom. The molecule has 0 unspecified atom stereocenters. The van der Waals surface area contributed by atoms with Crippen LogP contribution in [0, 0.1) is 0 Å². The van der Waals surface area contributed by atoms with Crippen molar-refractivity contribution in [1.82, 2.24) is 10.2 Å². The van der Waals surface area contributed by atoms with E-state index in [1.165, 1.54) is 44.4 Å². The van der Waals surface area contributed by atoms with E-state index in [9.17, 15) is 18.0 Å². The zero-order valence-electron chi connectivity index (χ0n) is 22.3. The topological polar surface area (TPSA) is 105 Å². The number of amides is 2. The molecule has 0 bridgehead atoms. The predicted octanol–water partition coefficient (Wildman–Crippen LogP) is 4.11. The highest BCUT2D eigenvalue weighted by Gasteiger charge is 2.33. The SMILES string of the molecule is CC[C@H](C(=O)NC)N(Cc1ccc(Cl)cc1)C(=O)CN(c1ccccc1)S(=O)(=O)c1ccc(OC)c(OC)c1. The van der Waals surface area contributed by atoms with E-state index in [2.05, 4.69) is 5.32 Å². The third kappa shape index (κ3) is 7.01. The van der Waals surface area contributed by atoms with Gasteiger partial charge in [0.15, 0.2) is 11.5 Å². The summed E-state index contributed by atoms with van der Waals surface area (Å²) in [7, 11) is 0.108. The van der Waals surface area contributed by atoms with Crippen molar-refractivity contribution in [2.75, 3.05) is 32.1 Å². The summed E-state index contributed by atoms with van der Waals surface area (Å²) >= 11 is 6.02. The highest BCUT2D eigenvalue weighted by atomic mass is 35.5. The van der Waals surface area contributed by atoms with E-state index < -0.39 is 28.5 Å². The molecule has 0 radical (unpaired) electrons. The number of hydrogen-bond donors (Lipinski definition) is 1. The summed E-state index contributed by atoms with van der Waals surface area (Å²) in [6.07, 6.45) is 0.326. The van der Waals surface area contributed by atoms with Crippen molar-refractivity contribution in [1.29, 1.82) is 0 Å². The number of anilines is 1. The van der Waals surface area contributed by atoms with Gasteiger partial charge < -0.3 is 19.7 Å². The molecule has 0 aliphatic carbocycles. The lowest BCUT2D eigenvalue weighted by Gasteiger charge is -2.33. The highest BCUT2D eigenvalue weighted by Crippen LogP contribution is 2.32. The lowest BCUT2D eigenvalue weighted by Crippen LogP contribution is -2.51. The van der Waals surface area contributed by atoms with Crippen molar-refractivity contribution < 1.29 is 27.5 Å². The van der Waals surface area contributed by atoms with Gasteiger partial charge in [0.05, 0.1) is 24.8 Å². The summed E-state index contributed by atoms with van der Waals surface area (Å²) in [5, 5.41) is 3.13. The standard InChI is InChI=1S/C28H32ClN3O6S/c1-5-24(28(34)30-2)31(18-20-11-13-21(29)14-12-20)27(33)19-32(22-9-7-6-8-10-22)39(35,36)23-15-16-25(37-3)26(17-23)38-4/h6-17,24H,5,18-19H2,1-4H3,(H,30,34)/t24-/m1/s1. The number of likely N-dealkylation sites (N-methyl/N-ethyl adjacent to an activating group) is 1. The summed E-state index contributed by atoms with van der Waals surface area (Å²) in [5.74, 6) is -0.306. The maximum atomic E-state index is 13.9. The second kappa shape index (κ2) is 13.3. The van der Waals surface area contributed by atoms with Gasteiger partial charge in [-0.1, -0.05) is 48.9 Å². The zero-order chi connectivity index (χ0) is 28.6. The van der Waals surface area contributed by atoms with Crippen LogP contribution in [0.2, 0.25) is 5.02 Å². The van der Waals surface area contributed by atoms with Crippen LogP contribution >= 0.6 is 11.6 Å². The van der Waals surface area contributed by atoms with Gasteiger partial charge in [0.25, 0.3) is 10.0 Å². The normalized spacial score (nSPS) is 11.8. The quantitative estimate of drug-likeness (QED) is 0.350. The molecule has 3 aromatic rings. The Morgan fingerprint density at radius 3 is 2.15 bits per heavy atom. The van der Waals surface area contributed by atoms with Gasteiger partial charge in [0, 0.05) is 24.7 Å². The number of nitrogens with zero attached hydrogens (tertiary/aromatic N) is 2. The first-order chi connectivity index (χ1) is 18.7. The van der Waals surface area contributed by atoms with Gasteiger partial charge in [-0.05, 0) is 48.4 Å². The molecule has 0 fully saturated rings. The highest BCUT2D eigenvalue weighted by molar-refractivity contribution is 7.92. The molecule has 0 aliphatic heterocycles. The average Bonchev–Trinajstić information content (AvgIpc) is 2.96. The number of hydrogen-bond acceptors (Lipinski definition) is 6. The number of rotatable bonds is 12. The minimum atomic E-state index is -4.24. The summed E-state index contributed by atoms with van der Waals surface area (Å²) in [4.78, 5) is 28.0. The minimum Gasteiger partial charge on any atom is -0.493 e. The summed E-state index contributed by atoms with van der Waals surface area (Å²) in [6, 6.07) is 18.6. The van der Waals surface area contributed by atoms with E-state index in [-0.39, 0.29) is 23.1 Å². The maximum Gasteiger partial charge on any atom is 0.264 e. The molecule has 208 valence electrons. The lowest BCUT2D eigenvalue weighted by atomic mass is 10.1. The Hall–Kier alpha value is -3.76. The van der Waals surface area contributed by atoms with E-state index in [0.717, 1.165) is 9.87 Å². The van der Waals surface area contributed by atoms with Crippen LogP contribution < -0.4 is 19.1 Å². The third-order valence-corrected chi connectivity index (χ3v) is 8.19. The number of para-hydroxylation sites is 1. The van der Waals surface area contributed by atoms with Gasteiger partial charge in [-0.2, -0.15) is 0 Å². The van der Waals surface area contributed by atoms with Crippen LogP contribution in [0.5, 0.6) is 11.5 Å². The van der Waals surface area contributed by atoms with Crippen LogP contribution in [0.3, 0.4) is 0 Å². The number of ether oxygens (including phenoxy) is 2. The van der Waals surface area contributed by atoms with Crippen molar-refractivity contribution in [3.8, 4) is 11.5 Å². The van der Waals surface area contributed by atoms with E-state index in [1.54, 1.807) is 61.5 Å². The monoisotopic (exact) mass is 573 g/mol. The van der Waals surface area contributed by atoms with Gasteiger partial charge >= 0.3 is 0 Å². The summed E-state index contributed by atoms with van der Waals surface area (Å²) in [6.45, 7) is 1.33. The Labute approximate surface area is 234 Å². The van der Waals surface area contributed by atoms with Gasteiger partial charge in [-0.15, -0.1) is 0 Å². The molecule has 11 heteroatoms. The molecule has 0 saturated carbocycles. The summed E-state index contributed by atoms with van der Waals surface area (Å²) < 4.78 is 39.5. The molecular formula is C28H32ClN3O6S. The number of carbonyl (C=O) groups excluding carboxylic acids is 2. The molecule has 0 aliphatic rings. The van der Waals surface area contributed by atoms with Gasteiger partial charge in [0.1, 0.15) is 12.6 Å². The van der Waals surface area contributed by atoms with Crippen molar-refractivity contribution in [3.05, 3.63) is 83.4 Å². The van der Waals surface area contributed by atoms with Crippen molar-refractivity contribution >= 4 is 39.1 Å². The molecular weight excluding hydrogens is 542 g/mol. The van der Waals surface area contributed by atoms with Gasteiger partial charge in [-0.25, -0.2) is 8.42 Å². The zero-order valence-corrected chi connectivity index (χ0v) is 23.8. The van der Waals surface area contributed by atoms with Gasteiger partial charge in [-0.3, -0.25) is 13.9 Å². The Balaban J connectivity index is 2.06. The fraction of sp³-hybridized carbons (Fsp3) is 0.286. The van der Waals surface area contributed by atoms with Crippen LogP contribution in [-0.2, 0) is 26.2 Å². The van der Waals surface area contributed by atoms with Crippen LogP contribution in [0.4, 0.5) is 5.69 Å². The van der Waals surface area contributed by atoms with E-state index in [4.69, 9.17) is 21.1 Å². The maximum absolute atomic E-state index is 13.9. The second-order valence-corrected chi connectivity index (χ2v) is 10.8. The van der Waals surface area contributed by atoms with Crippen LogP contribution in [0.1, 0.15) is 18.9 Å². The van der Waals surface area contributed by atoms with Crippen LogP contribution in [0.25, 0.3) is 0 Å². The Kier molecular flexibility index (Phi) is 10.2. The molecule has 3 rings (SSSR count). The van der Waals surface area contributed by atoms with Gasteiger partial charge in [0.2, 0.25) is 11.8 Å². The molecule has 9 nitrogen and oxygen atoms in total. The van der Waals surface area contributed by atoms with Crippen LogP contribution in [0.15, 0.2) is 77.7 Å². The summed E-state index contributed by atoms with van der Waals surface area (Å²) in [5.41, 5.74) is 1.03. The van der Waals surface area contributed by atoms with Crippen molar-refractivity contribution in [3.63, 3.8) is 0 Å². The number of sulfonamides is 1. The molecule has 0 aromatic heterocycles. The molecule has 39 heavy (non-hydrogen) atoms. The molecule has 2 amide bonds. The first-order valence-electron chi connectivity index (χ1n) is 12.2. The van der Waals surface area contributed by atoms with Crippen LogP contribution in [-0.4, -0.2) is 59.0 Å². The number of halogens is 1. The molecule has 3 aromatic carbocycles. The van der Waals surface area contributed by atoms with Crippen molar-refractivity contribution in [2.45, 2.75) is 30.8 Å². The third-order valence-electron chi connectivity index (χ3n) is 6.16. The Morgan fingerprint density at radius 2 is 1.59 bits per heavy atom. The second-order valence-electron chi connectivity index (χ2n) is 8.55. The molecule has 1 atom stereocenters. The van der Waals surface area contributed by atoms with E-state index in [1.807, 2.05) is 0 Å². The van der Waals surface area contributed by atoms with E-state index in [0.29, 0.717) is 22.9 Å². The predicted molar refractivity (Wildman–Crippen MR) is 151 cm³/mol. The Bertz CT molecular complexity index is 1380. The molecule has 0 heterocycles. The fourth-order valence-corrected chi connectivity index (χ4v) is 5.66. The number of nitrogens with one attached hydrogen (secondary N) is 1. The van der Waals surface area contributed by atoms with E-state index >= 15 is 0 Å². The molecule has 0 saturated heterocycles. The first-order valence-corrected chi connectivity index (χ1v) is 14.0. The minimum absolute atomic E-state index is 0.0839. The lowest BCUT2D eigenvalue weighted by molar-refractivity contribution is -0.140. The largest absolute Gasteiger partial charge is 0.493 e. The first kappa shape index (κ1) is 29.8. The smallest absolute Gasteiger partial charge is 0.264 e. The molecule has 0 spiro atoms. The molecule has 1 N–H and O–H groups in total. The number of methoxy groups -OCH3 is 2. The number of carbonyl (C=O) groups is 2. The average molecular weight is 574 g/mol. The van der Waals surface area contributed by atoms with Crippen molar-refractivity contribution in [2.24, 2.45) is 0 Å². The fourth-order valence-electron chi connectivity index (χ4n) is 4.10.